The highest BCUT2D eigenvalue weighted by Crippen LogP contribution is 2.23. The average Bonchev–Trinajstić information content (AvgIpc) is 3.28. The first kappa shape index (κ1) is 23.6. The van der Waals surface area contributed by atoms with Crippen LogP contribution in [-0.4, -0.2) is 24.1 Å². The third kappa shape index (κ3) is 6.73. The van der Waals surface area contributed by atoms with Gasteiger partial charge in [0.25, 0.3) is 11.8 Å². The summed E-state index contributed by atoms with van der Waals surface area (Å²) in [6.45, 7) is 2.21. The molecular formula is C24H22ClFN2O3S. The minimum Gasteiger partial charge on any atom is -0.465 e. The van der Waals surface area contributed by atoms with E-state index in [1.165, 1.54) is 30.2 Å². The Morgan fingerprint density at radius 1 is 1.16 bits per heavy atom. The first-order valence-corrected chi connectivity index (χ1v) is 11.4. The first-order valence-electron chi connectivity index (χ1n) is 9.86. The van der Waals surface area contributed by atoms with Crippen LogP contribution in [0.1, 0.15) is 27.2 Å². The van der Waals surface area contributed by atoms with E-state index in [1.807, 2.05) is 13.0 Å². The fourth-order valence-electron chi connectivity index (χ4n) is 2.83. The Morgan fingerprint density at radius 2 is 1.97 bits per heavy atom. The Labute approximate surface area is 195 Å². The number of carbonyl (C=O) groups is 2. The smallest absolute Gasteiger partial charge is 0.267 e. The van der Waals surface area contributed by atoms with Crippen LogP contribution in [0.25, 0.3) is 6.08 Å². The van der Waals surface area contributed by atoms with Crippen LogP contribution in [0.3, 0.4) is 0 Å². The van der Waals surface area contributed by atoms with E-state index in [9.17, 15) is 14.0 Å². The van der Waals surface area contributed by atoms with Crippen LogP contribution < -0.4 is 10.6 Å². The number of rotatable bonds is 9. The van der Waals surface area contributed by atoms with Gasteiger partial charge in [-0.15, -0.1) is 0 Å². The minimum atomic E-state index is -0.452. The van der Waals surface area contributed by atoms with Gasteiger partial charge in [-0.05, 0) is 43.3 Å². The molecule has 0 aliphatic heterocycles. The molecule has 0 aliphatic carbocycles. The zero-order valence-electron chi connectivity index (χ0n) is 17.4. The van der Waals surface area contributed by atoms with Gasteiger partial charge < -0.3 is 15.1 Å². The van der Waals surface area contributed by atoms with Crippen LogP contribution in [0.5, 0.6) is 0 Å². The quantitative estimate of drug-likeness (QED) is 0.331. The maximum atomic E-state index is 13.8. The van der Waals surface area contributed by atoms with E-state index < -0.39 is 11.8 Å². The van der Waals surface area contributed by atoms with Crippen LogP contribution in [-0.2, 0) is 10.5 Å². The van der Waals surface area contributed by atoms with Gasteiger partial charge in [-0.2, -0.15) is 11.8 Å². The fourth-order valence-corrected chi connectivity index (χ4v) is 4.03. The molecule has 1 aromatic heterocycles. The lowest BCUT2D eigenvalue weighted by Gasteiger charge is -2.11. The van der Waals surface area contributed by atoms with Crippen molar-refractivity contribution >= 4 is 41.3 Å². The zero-order chi connectivity index (χ0) is 22.9. The van der Waals surface area contributed by atoms with Gasteiger partial charge in [-0.25, -0.2) is 4.39 Å². The van der Waals surface area contributed by atoms with Crippen LogP contribution in [0.4, 0.5) is 4.39 Å². The van der Waals surface area contributed by atoms with Crippen molar-refractivity contribution in [3.63, 3.8) is 0 Å². The van der Waals surface area contributed by atoms with Gasteiger partial charge in [0.05, 0.1) is 6.26 Å². The van der Waals surface area contributed by atoms with E-state index in [0.717, 1.165) is 5.56 Å². The second kappa shape index (κ2) is 11.5. The van der Waals surface area contributed by atoms with E-state index in [-0.39, 0.29) is 11.5 Å². The number of aryl methyl sites for hydroxylation is 1. The van der Waals surface area contributed by atoms with Crippen LogP contribution >= 0.6 is 23.4 Å². The number of thioether (sulfide) groups is 1. The third-order valence-electron chi connectivity index (χ3n) is 4.44. The number of nitrogens with one attached hydrogen (secondary N) is 2. The first-order chi connectivity index (χ1) is 15.4. The largest absolute Gasteiger partial charge is 0.465 e. The molecule has 0 aliphatic rings. The third-order valence-corrected chi connectivity index (χ3v) is 5.78. The highest BCUT2D eigenvalue weighted by atomic mass is 35.5. The molecule has 0 radical (unpaired) electrons. The predicted octanol–water partition coefficient (Wildman–Crippen LogP) is 5.20. The molecule has 3 rings (SSSR count). The predicted molar refractivity (Wildman–Crippen MR) is 126 cm³/mol. The van der Waals surface area contributed by atoms with Gasteiger partial charge in [0, 0.05) is 40.3 Å². The highest BCUT2D eigenvalue weighted by molar-refractivity contribution is 7.98. The molecule has 2 N–H and O–H groups in total. The lowest BCUT2D eigenvalue weighted by Crippen LogP contribution is -2.35. The van der Waals surface area contributed by atoms with Gasteiger partial charge in [-0.3, -0.25) is 9.59 Å². The van der Waals surface area contributed by atoms with E-state index in [4.69, 9.17) is 16.0 Å². The number of halogens is 2. The van der Waals surface area contributed by atoms with Crippen molar-refractivity contribution in [1.29, 1.82) is 0 Å². The van der Waals surface area contributed by atoms with E-state index in [1.54, 1.807) is 42.5 Å². The highest BCUT2D eigenvalue weighted by Gasteiger charge is 2.15. The summed E-state index contributed by atoms with van der Waals surface area (Å²) in [5.74, 6) is 0.161. The topological polar surface area (TPSA) is 71.3 Å². The Balaban J connectivity index is 1.58. The van der Waals surface area contributed by atoms with Crippen molar-refractivity contribution in [2.45, 2.75) is 12.7 Å². The normalized spacial score (nSPS) is 11.3. The molecule has 0 fully saturated rings. The molecule has 0 saturated carbocycles. The molecule has 32 heavy (non-hydrogen) atoms. The van der Waals surface area contributed by atoms with Crippen molar-refractivity contribution in [2.75, 3.05) is 12.3 Å². The van der Waals surface area contributed by atoms with Crippen LogP contribution in [0, 0.1) is 12.7 Å². The van der Waals surface area contributed by atoms with E-state index >= 15 is 0 Å². The van der Waals surface area contributed by atoms with Crippen molar-refractivity contribution in [1.82, 2.24) is 10.6 Å². The standard InChI is InChI=1S/C24H22ClFN2O3S/c1-16-5-2-6-17(13-16)23(29)28-22(14-18-7-4-11-31-18)24(30)27-10-12-32-15-19-20(25)8-3-9-21(19)26/h2-9,11,13-14H,10,12,15H2,1H3,(H,27,30)(H,28,29)/b22-14-. The lowest BCUT2D eigenvalue weighted by molar-refractivity contribution is -0.117. The molecular weight excluding hydrogens is 451 g/mol. The fraction of sp³-hybridized carbons (Fsp3) is 0.167. The molecule has 0 bridgehead atoms. The monoisotopic (exact) mass is 472 g/mol. The molecule has 0 saturated heterocycles. The molecule has 0 atom stereocenters. The summed E-state index contributed by atoms with van der Waals surface area (Å²) >= 11 is 7.47. The molecule has 5 nitrogen and oxygen atoms in total. The summed E-state index contributed by atoms with van der Waals surface area (Å²) < 4.78 is 19.1. The summed E-state index contributed by atoms with van der Waals surface area (Å²) in [5, 5.41) is 5.80. The van der Waals surface area contributed by atoms with Crippen LogP contribution in [0.15, 0.2) is 71.0 Å². The zero-order valence-corrected chi connectivity index (χ0v) is 18.9. The summed E-state index contributed by atoms with van der Waals surface area (Å²) in [5.41, 5.74) is 1.88. The van der Waals surface area contributed by atoms with Gasteiger partial charge in [-0.1, -0.05) is 35.4 Å². The molecule has 166 valence electrons. The van der Waals surface area contributed by atoms with E-state index in [2.05, 4.69) is 10.6 Å². The molecule has 2 aromatic carbocycles. The Hall–Kier alpha value is -3.03. The van der Waals surface area contributed by atoms with Crippen molar-refractivity contribution in [2.24, 2.45) is 0 Å². The average molecular weight is 473 g/mol. The number of hydrogen-bond donors (Lipinski definition) is 2. The van der Waals surface area contributed by atoms with Crippen molar-refractivity contribution < 1.29 is 18.4 Å². The molecule has 1 heterocycles. The maximum absolute atomic E-state index is 13.8. The van der Waals surface area contributed by atoms with Crippen LogP contribution in [0.2, 0.25) is 5.02 Å². The Kier molecular flexibility index (Phi) is 8.53. The minimum absolute atomic E-state index is 0.0635. The molecule has 2 amide bonds. The van der Waals surface area contributed by atoms with Crippen molar-refractivity contribution in [3.05, 3.63) is 99.8 Å². The number of carbonyl (C=O) groups excluding carboxylic acids is 2. The second-order valence-corrected chi connectivity index (χ2v) is 8.42. The van der Waals surface area contributed by atoms with Crippen molar-refractivity contribution in [3.8, 4) is 0 Å². The summed E-state index contributed by atoms with van der Waals surface area (Å²) in [4.78, 5) is 25.3. The summed E-state index contributed by atoms with van der Waals surface area (Å²) in [7, 11) is 0. The van der Waals surface area contributed by atoms with Gasteiger partial charge in [0.2, 0.25) is 0 Å². The van der Waals surface area contributed by atoms with Gasteiger partial charge in [0.15, 0.2) is 0 Å². The Morgan fingerprint density at radius 3 is 2.69 bits per heavy atom. The number of benzene rings is 2. The molecule has 0 unspecified atom stereocenters. The van der Waals surface area contributed by atoms with Gasteiger partial charge >= 0.3 is 0 Å². The summed E-state index contributed by atoms with van der Waals surface area (Å²) in [6, 6.07) is 15.0. The maximum Gasteiger partial charge on any atom is 0.267 e. The Bertz CT molecular complexity index is 1100. The number of hydrogen-bond acceptors (Lipinski definition) is 4. The number of amides is 2. The second-order valence-electron chi connectivity index (χ2n) is 6.91. The lowest BCUT2D eigenvalue weighted by atomic mass is 10.1. The number of furan rings is 1. The van der Waals surface area contributed by atoms with Gasteiger partial charge in [0.1, 0.15) is 17.3 Å². The molecule has 0 spiro atoms. The SMILES string of the molecule is Cc1cccc(C(=O)N/C(=C\c2ccco2)C(=O)NCCSCc2c(F)cccc2Cl)c1. The molecule has 8 heteroatoms. The summed E-state index contributed by atoms with van der Waals surface area (Å²) in [6.07, 6.45) is 2.95. The van der Waals surface area contributed by atoms with E-state index in [0.29, 0.717) is 40.0 Å². The molecule has 3 aromatic rings.